The Bertz CT molecular complexity index is 401. The Labute approximate surface area is 144 Å². The maximum absolute atomic E-state index is 12.7. The van der Waals surface area contributed by atoms with Crippen LogP contribution >= 0.6 is 0 Å². The number of allylic oxidation sites excluding steroid dienone is 1. The zero-order valence-corrected chi connectivity index (χ0v) is 16.5. The van der Waals surface area contributed by atoms with Crippen LogP contribution in [0.5, 0.6) is 0 Å². The van der Waals surface area contributed by atoms with E-state index in [0.29, 0.717) is 5.78 Å². The quantitative estimate of drug-likeness (QED) is 0.477. The second kappa shape index (κ2) is 8.89. The zero-order valence-electron chi connectivity index (χ0n) is 16.5. The van der Waals surface area contributed by atoms with Gasteiger partial charge < -0.3 is 4.90 Å². The fourth-order valence-electron chi connectivity index (χ4n) is 3.29. The molecule has 0 aromatic carbocycles. The Balaban J connectivity index is 2.50. The molecule has 2 heteroatoms. The molecule has 0 unspecified atom stereocenters. The van der Waals surface area contributed by atoms with Gasteiger partial charge in [-0.05, 0) is 39.0 Å². The van der Waals surface area contributed by atoms with Crippen LogP contribution in [0.1, 0.15) is 99.3 Å². The van der Waals surface area contributed by atoms with Crippen molar-refractivity contribution >= 4 is 5.78 Å². The van der Waals surface area contributed by atoms with E-state index in [1.165, 1.54) is 38.5 Å². The fraction of sp³-hybridized carbons (Fsp3) is 0.857. The van der Waals surface area contributed by atoms with E-state index in [0.717, 1.165) is 31.4 Å². The molecular weight excluding hydrogens is 282 g/mol. The highest BCUT2D eigenvalue weighted by Gasteiger charge is 2.35. The predicted molar refractivity (Wildman–Crippen MR) is 101 cm³/mol. The third kappa shape index (κ3) is 6.69. The Morgan fingerprint density at radius 2 is 1.65 bits per heavy atom. The number of unbranched alkanes of at least 4 members (excludes halogenated alkanes) is 6. The lowest BCUT2D eigenvalue weighted by atomic mass is 9.76. The van der Waals surface area contributed by atoms with Crippen LogP contribution < -0.4 is 0 Å². The van der Waals surface area contributed by atoms with E-state index in [9.17, 15) is 4.79 Å². The first-order valence-electron chi connectivity index (χ1n) is 9.71. The summed E-state index contributed by atoms with van der Waals surface area (Å²) in [6.07, 6.45) is 12.8. The van der Waals surface area contributed by atoms with Gasteiger partial charge in [0.05, 0.1) is 0 Å². The lowest BCUT2D eigenvalue weighted by Crippen LogP contribution is -2.44. The van der Waals surface area contributed by atoms with Crippen molar-refractivity contribution in [1.29, 1.82) is 0 Å². The molecule has 0 N–H and O–H groups in total. The molecule has 0 atom stereocenters. The normalized spacial score (nSPS) is 18.0. The average Bonchev–Trinajstić information content (AvgIpc) is 2.44. The molecule has 1 heterocycles. The number of rotatable bonds is 9. The molecule has 0 aliphatic carbocycles. The van der Waals surface area contributed by atoms with Gasteiger partial charge in [-0.25, -0.2) is 0 Å². The van der Waals surface area contributed by atoms with Gasteiger partial charge >= 0.3 is 0 Å². The van der Waals surface area contributed by atoms with Crippen molar-refractivity contribution < 1.29 is 4.79 Å². The van der Waals surface area contributed by atoms with Gasteiger partial charge in [0.25, 0.3) is 0 Å². The molecule has 0 amide bonds. The van der Waals surface area contributed by atoms with Crippen LogP contribution in [-0.4, -0.2) is 22.8 Å². The topological polar surface area (TPSA) is 20.3 Å². The van der Waals surface area contributed by atoms with E-state index >= 15 is 0 Å². The van der Waals surface area contributed by atoms with Gasteiger partial charge in [0.1, 0.15) is 0 Å². The lowest BCUT2D eigenvalue weighted by molar-refractivity contribution is -0.117. The smallest absolute Gasteiger partial charge is 0.160 e. The number of carbonyl (C=O) groups is 1. The van der Waals surface area contributed by atoms with Crippen LogP contribution in [0.15, 0.2) is 11.8 Å². The highest BCUT2D eigenvalue weighted by molar-refractivity contribution is 5.96. The Hall–Kier alpha value is -0.790. The summed E-state index contributed by atoms with van der Waals surface area (Å²) in [4.78, 5) is 15.1. The average molecular weight is 322 g/mol. The highest BCUT2D eigenvalue weighted by Crippen LogP contribution is 2.37. The molecule has 2 nitrogen and oxygen atoms in total. The summed E-state index contributed by atoms with van der Waals surface area (Å²) in [5, 5.41) is 0. The maximum Gasteiger partial charge on any atom is 0.160 e. The Kier molecular flexibility index (Phi) is 7.83. The van der Waals surface area contributed by atoms with Crippen molar-refractivity contribution in [3.63, 3.8) is 0 Å². The fourth-order valence-corrected chi connectivity index (χ4v) is 3.29. The second-order valence-corrected chi connectivity index (χ2v) is 8.84. The highest BCUT2D eigenvalue weighted by atomic mass is 16.1. The number of hydrogen-bond acceptors (Lipinski definition) is 2. The summed E-state index contributed by atoms with van der Waals surface area (Å²) in [5.41, 5.74) is 1.17. The zero-order chi connectivity index (χ0) is 17.5. The van der Waals surface area contributed by atoms with Gasteiger partial charge in [-0.2, -0.15) is 0 Å². The van der Waals surface area contributed by atoms with E-state index in [4.69, 9.17) is 0 Å². The standard InChI is InChI=1S/C21H39NO/c1-7-8-9-10-11-12-13-14-19(23)18-17-22(20(2,3)4)16-15-21(18,5)6/h17H,7-16H2,1-6H3. The summed E-state index contributed by atoms with van der Waals surface area (Å²) < 4.78 is 0. The molecule has 0 spiro atoms. The van der Waals surface area contributed by atoms with Gasteiger partial charge in [0, 0.05) is 30.3 Å². The van der Waals surface area contributed by atoms with Crippen LogP contribution in [0.2, 0.25) is 0 Å². The van der Waals surface area contributed by atoms with Gasteiger partial charge in [-0.3, -0.25) is 4.79 Å². The van der Waals surface area contributed by atoms with Gasteiger partial charge in [0.2, 0.25) is 0 Å². The Morgan fingerprint density at radius 3 is 2.22 bits per heavy atom. The summed E-state index contributed by atoms with van der Waals surface area (Å²) in [7, 11) is 0. The molecule has 0 saturated heterocycles. The van der Waals surface area contributed by atoms with Crippen molar-refractivity contribution in [2.45, 2.75) is 105 Å². The molecule has 0 fully saturated rings. The number of Topliss-reactive ketones (excluding diaryl/α,β-unsaturated/α-hetero) is 1. The SMILES string of the molecule is CCCCCCCCCC(=O)C1=CN(C(C)(C)C)CCC1(C)C. The third-order valence-corrected chi connectivity index (χ3v) is 5.16. The van der Waals surface area contributed by atoms with E-state index in [1.807, 2.05) is 0 Å². The molecule has 1 rings (SSSR count). The summed E-state index contributed by atoms with van der Waals surface area (Å²) in [6.45, 7) is 14.4. The second-order valence-electron chi connectivity index (χ2n) is 8.84. The molecule has 1 aliphatic heterocycles. The van der Waals surface area contributed by atoms with E-state index < -0.39 is 0 Å². The molecule has 0 saturated carbocycles. The van der Waals surface area contributed by atoms with Crippen molar-refractivity contribution in [3.8, 4) is 0 Å². The maximum atomic E-state index is 12.7. The minimum Gasteiger partial charge on any atom is -0.372 e. The van der Waals surface area contributed by atoms with Crippen LogP contribution in [0.4, 0.5) is 0 Å². The third-order valence-electron chi connectivity index (χ3n) is 5.16. The van der Waals surface area contributed by atoms with E-state index in [1.54, 1.807) is 0 Å². The first-order valence-corrected chi connectivity index (χ1v) is 9.71. The van der Waals surface area contributed by atoms with Crippen LogP contribution in [-0.2, 0) is 4.79 Å². The minimum atomic E-state index is 0.0277. The van der Waals surface area contributed by atoms with Gasteiger partial charge in [0.15, 0.2) is 5.78 Å². The van der Waals surface area contributed by atoms with Crippen LogP contribution in [0.3, 0.4) is 0 Å². The van der Waals surface area contributed by atoms with E-state index in [2.05, 4.69) is 52.6 Å². The first-order chi connectivity index (χ1) is 10.7. The lowest BCUT2D eigenvalue weighted by Gasteiger charge is -2.43. The van der Waals surface area contributed by atoms with Crippen molar-refractivity contribution in [2.75, 3.05) is 6.54 Å². The molecule has 1 aliphatic rings. The monoisotopic (exact) mass is 321 g/mol. The van der Waals surface area contributed by atoms with Crippen LogP contribution in [0.25, 0.3) is 0 Å². The molecule has 23 heavy (non-hydrogen) atoms. The minimum absolute atomic E-state index is 0.0277. The predicted octanol–water partition coefficient (Wildman–Crippen LogP) is 6.11. The molecular formula is C21H39NO. The molecule has 0 bridgehead atoms. The molecule has 0 aromatic heterocycles. The first kappa shape index (κ1) is 20.3. The molecule has 0 radical (unpaired) electrons. The molecule has 0 aromatic rings. The number of ketones is 1. The summed E-state index contributed by atoms with van der Waals surface area (Å²) >= 11 is 0. The number of carbonyl (C=O) groups excluding carboxylic acids is 1. The van der Waals surface area contributed by atoms with Gasteiger partial charge in [-0.1, -0.05) is 59.3 Å². The van der Waals surface area contributed by atoms with Crippen molar-refractivity contribution in [1.82, 2.24) is 4.90 Å². The summed E-state index contributed by atoms with van der Waals surface area (Å²) in [6, 6.07) is 0. The molecule has 134 valence electrons. The van der Waals surface area contributed by atoms with Crippen LogP contribution in [0, 0.1) is 5.41 Å². The number of hydrogen-bond donors (Lipinski definition) is 0. The van der Waals surface area contributed by atoms with Gasteiger partial charge in [-0.15, -0.1) is 0 Å². The van der Waals surface area contributed by atoms with Crippen molar-refractivity contribution in [2.24, 2.45) is 5.41 Å². The van der Waals surface area contributed by atoms with E-state index in [-0.39, 0.29) is 11.0 Å². The summed E-state index contributed by atoms with van der Waals surface area (Å²) in [5.74, 6) is 0.373. The van der Waals surface area contributed by atoms with Crippen molar-refractivity contribution in [3.05, 3.63) is 11.8 Å². The number of nitrogens with zero attached hydrogens (tertiary/aromatic N) is 1. The largest absolute Gasteiger partial charge is 0.372 e. The Morgan fingerprint density at radius 1 is 1.09 bits per heavy atom.